The quantitative estimate of drug-likeness (QED) is 0.644. The van der Waals surface area contributed by atoms with Gasteiger partial charge in [0, 0.05) is 0 Å². The van der Waals surface area contributed by atoms with Gasteiger partial charge in [-0.2, -0.15) is 0 Å². The van der Waals surface area contributed by atoms with Crippen molar-refractivity contribution in [2.75, 3.05) is 0 Å². The van der Waals surface area contributed by atoms with Gasteiger partial charge >= 0.3 is 0 Å². The van der Waals surface area contributed by atoms with Crippen molar-refractivity contribution < 1.29 is 5.11 Å². The SMILES string of the molecule is CCCC(C)CC(O)C(CC)CC. The summed E-state index contributed by atoms with van der Waals surface area (Å²) in [6.07, 6.45) is 5.61. The number of hydrogen-bond acceptors (Lipinski definition) is 1. The van der Waals surface area contributed by atoms with E-state index in [2.05, 4.69) is 27.7 Å². The van der Waals surface area contributed by atoms with Crippen molar-refractivity contribution >= 4 is 0 Å². The fourth-order valence-corrected chi connectivity index (χ4v) is 2.05. The molecule has 0 aliphatic carbocycles. The van der Waals surface area contributed by atoms with E-state index in [1.807, 2.05) is 0 Å². The van der Waals surface area contributed by atoms with Crippen molar-refractivity contribution in [3.05, 3.63) is 0 Å². The highest BCUT2D eigenvalue weighted by molar-refractivity contribution is 4.69. The third kappa shape index (κ3) is 5.30. The highest BCUT2D eigenvalue weighted by Gasteiger charge is 2.17. The Morgan fingerprint density at radius 1 is 1.08 bits per heavy atom. The Labute approximate surface area is 83.5 Å². The number of hydrogen-bond donors (Lipinski definition) is 1. The lowest BCUT2D eigenvalue weighted by Gasteiger charge is -2.22. The van der Waals surface area contributed by atoms with E-state index < -0.39 is 0 Å². The van der Waals surface area contributed by atoms with E-state index in [9.17, 15) is 5.11 Å². The lowest BCUT2D eigenvalue weighted by Crippen LogP contribution is -2.21. The molecule has 80 valence electrons. The zero-order valence-corrected chi connectivity index (χ0v) is 9.71. The van der Waals surface area contributed by atoms with Gasteiger partial charge in [0.25, 0.3) is 0 Å². The molecular formula is C12H26O. The predicted octanol–water partition coefficient (Wildman–Crippen LogP) is 3.61. The Hall–Kier alpha value is -0.0400. The van der Waals surface area contributed by atoms with Gasteiger partial charge in [-0.25, -0.2) is 0 Å². The number of aliphatic hydroxyl groups is 1. The Bertz CT molecular complexity index is 108. The third-order valence-corrected chi connectivity index (χ3v) is 3.02. The average molecular weight is 186 g/mol. The first-order chi connectivity index (χ1) is 6.15. The van der Waals surface area contributed by atoms with Gasteiger partial charge in [-0.15, -0.1) is 0 Å². The summed E-state index contributed by atoms with van der Waals surface area (Å²) in [7, 11) is 0. The van der Waals surface area contributed by atoms with Gasteiger partial charge in [-0.3, -0.25) is 0 Å². The fourth-order valence-electron chi connectivity index (χ4n) is 2.05. The second-order valence-corrected chi connectivity index (χ2v) is 4.27. The lowest BCUT2D eigenvalue weighted by atomic mass is 9.88. The zero-order chi connectivity index (χ0) is 10.3. The van der Waals surface area contributed by atoms with Crippen LogP contribution in [0.1, 0.15) is 59.8 Å². The fraction of sp³-hybridized carbons (Fsp3) is 1.00. The van der Waals surface area contributed by atoms with Gasteiger partial charge in [0.2, 0.25) is 0 Å². The summed E-state index contributed by atoms with van der Waals surface area (Å²) in [6.45, 7) is 8.79. The van der Waals surface area contributed by atoms with E-state index in [-0.39, 0.29) is 6.10 Å². The van der Waals surface area contributed by atoms with E-state index in [4.69, 9.17) is 0 Å². The summed E-state index contributed by atoms with van der Waals surface area (Å²) in [4.78, 5) is 0. The van der Waals surface area contributed by atoms with E-state index in [0.717, 1.165) is 19.3 Å². The molecule has 0 bridgehead atoms. The van der Waals surface area contributed by atoms with Crippen molar-refractivity contribution in [3.8, 4) is 0 Å². The average Bonchev–Trinajstić information content (AvgIpc) is 2.06. The van der Waals surface area contributed by atoms with Crippen LogP contribution in [0.4, 0.5) is 0 Å². The molecule has 0 fully saturated rings. The molecule has 0 aromatic rings. The van der Waals surface area contributed by atoms with Crippen molar-refractivity contribution in [2.45, 2.75) is 65.9 Å². The normalized spacial score (nSPS) is 16.2. The molecule has 0 aliphatic heterocycles. The molecule has 0 heterocycles. The van der Waals surface area contributed by atoms with E-state index >= 15 is 0 Å². The molecule has 1 nitrogen and oxygen atoms in total. The molecule has 0 aromatic heterocycles. The highest BCUT2D eigenvalue weighted by Crippen LogP contribution is 2.21. The Kier molecular flexibility index (Phi) is 7.35. The smallest absolute Gasteiger partial charge is 0.0570 e. The van der Waals surface area contributed by atoms with Crippen LogP contribution in [-0.4, -0.2) is 11.2 Å². The zero-order valence-electron chi connectivity index (χ0n) is 9.71. The maximum atomic E-state index is 9.91. The van der Waals surface area contributed by atoms with Gasteiger partial charge < -0.3 is 5.11 Å². The summed E-state index contributed by atoms with van der Waals surface area (Å²) in [5, 5.41) is 9.91. The summed E-state index contributed by atoms with van der Waals surface area (Å²) in [5.74, 6) is 1.19. The van der Waals surface area contributed by atoms with Crippen molar-refractivity contribution in [1.82, 2.24) is 0 Å². The highest BCUT2D eigenvalue weighted by atomic mass is 16.3. The van der Waals surface area contributed by atoms with Crippen LogP contribution in [0, 0.1) is 11.8 Å². The first kappa shape index (κ1) is 13.0. The van der Waals surface area contributed by atoms with Crippen LogP contribution in [0.2, 0.25) is 0 Å². The van der Waals surface area contributed by atoms with Gasteiger partial charge in [-0.1, -0.05) is 53.4 Å². The topological polar surface area (TPSA) is 20.2 Å². The van der Waals surface area contributed by atoms with Crippen LogP contribution in [0.15, 0.2) is 0 Å². The molecular weight excluding hydrogens is 160 g/mol. The first-order valence-corrected chi connectivity index (χ1v) is 5.83. The second kappa shape index (κ2) is 7.37. The molecule has 1 heteroatoms. The summed E-state index contributed by atoms with van der Waals surface area (Å²) in [5.41, 5.74) is 0. The third-order valence-electron chi connectivity index (χ3n) is 3.02. The molecule has 2 unspecified atom stereocenters. The van der Waals surface area contributed by atoms with Crippen LogP contribution in [0.3, 0.4) is 0 Å². The van der Waals surface area contributed by atoms with Gasteiger partial charge in [0.1, 0.15) is 0 Å². The van der Waals surface area contributed by atoms with E-state index in [0.29, 0.717) is 11.8 Å². The minimum Gasteiger partial charge on any atom is -0.393 e. The minimum atomic E-state index is -0.0726. The van der Waals surface area contributed by atoms with Crippen LogP contribution >= 0.6 is 0 Å². The second-order valence-electron chi connectivity index (χ2n) is 4.27. The minimum absolute atomic E-state index is 0.0726. The van der Waals surface area contributed by atoms with Crippen LogP contribution in [0.5, 0.6) is 0 Å². The van der Waals surface area contributed by atoms with E-state index in [1.165, 1.54) is 12.8 Å². The van der Waals surface area contributed by atoms with Crippen molar-refractivity contribution in [2.24, 2.45) is 11.8 Å². The van der Waals surface area contributed by atoms with Gasteiger partial charge in [0.05, 0.1) is 6.10 Å². The van der Waals surface area contributed by atoms with Crippen molar-refractivity contribution in [3.63, 3.8) is 0 Å². The molecule has 1 N–H and O–H groups in total. The molecule has 0 amide bonds. The lowest BCUT2D eigenvalue weighted by molar-refractivity contribution is 0.0784. The van der Waals surface area contributed by atoms with Crippen LogP contribution < -0.4 is 0 Å². The van der Waals surface area contributed by atoms with Gasteiger partial charge in [0.15, 0.2) is 0 Å². The molecule has 0 rings (SSSR count). The Balaban J connectivity index is 3.75. The first-order valence-electron chi connectivity index (χ1n) is 5.83. The molecule has 0 saturated heterocycles. The molecule has 2 atom stereocenters. The molecule has 13 heavy (non-hydrogen) atoms. The summed E-state index contributed by atoms with van der Waals surface area (Å²) < 4.78 is 0. The van der Waals surface area contributed by atoms with E-state index in [1.54, 1.807) is 0 Å². The van der Waals surface area contributed by atoms with Gasteiger partial charge in [-0.05, 0) is 18.3 Å². The van der Waals surface area contributed by atoms with Crippen LogP contribution in [0.25, 0.3) is 0 Å². The largest absolute Gasteiger partial charge is 0.393 e. The maximum Gasteiger partial charge on any atom is 0.0570 e. The molecule has 0 aliphatic rings. The van der Waals surface area contributed by atoms with Crippen LogP contribution in [-0.2, 0) is 0 Å². The Morgan fingerprint density at radius 2 is 1.62 bits per heavy atom. The predicted molar refractivity (Wildman–Crippen MR) is 58.8 cm³/mol. The molecule has 0 aromatic carbocycles. The van der Waals surface area contributed by atoms with Crippen molar-refractivity contribution in [1.29, 1.82) is 0 Å². The summed E-state index contributed by atoms with van der Waals surface area (Å²) in [6, 6.07) is 0. The number of aliphatic hydroxyl groups excluding tert-OH is 1. The molecule has 0 saturated carbocycles. The maximum absolute atomic E-state index is 9.91. The Morgan fingerprint density at radius 3 is 2.00 bits per heavy atom. The molecule has 0 spiro atoms. The standard InChI is InChI=1S/C12H26O/c1-5-8-10(4)9-12(13)11(6-2)7-3/h10-13H,5-9H2,1-4H3. The summed E-state index contributed by atoms with van der Waals surface area (Å²) >= 11 is 0. The molecule has 0 radical (unpaired) electrons. The number of rotatable bonds is 7. The monoisotopic (exact) mass is 186 g/mol.